The Bertz CT molecular complexity index is 817. The third kappa shape index (κ3) is 4.34. The van der Waals surface area contributed by atoms with E-state index in [0.29, 0.717) is 10.9 Å². The smallest absolute Gasteiger partial charge is 0.243 e. The van der Waals surface area contributed by atoms with Crippen LogP contribution in [0.1, 0.15) is 56.7 Å². The number of nitrogens with one attached hydrogen (secondary N) is 1. The maximum absolute atomic E-state index is 12.4. The topological polar surface area (TPSA) is 41.5 Å². The highest BCUT2D eigenvalue weighted by atomic mass is 35.5. The quantitative estimate of drug-likeness (QED) is 0.578. The fourth-order valence-corrected chi connectivity index (χ4v) is 3.19. The first-order valence-electron chi connectivity index (χ1n) is 8.96. The van der Waals surface area contributed by atoms with Gasteiger partial charge in [-0.25, -0.2) is 5.43 Å². The largest absolute Gasteiger partial charge is 0.273 e. The van der Waals surface area contributed by atoms with E-state index < -0.39 is 0 Å². The molecule has 2 unspecified atom stereocenters. The number of hydrogen-bond donors (Lipinski definition) is 1. The molecular weight excluding hydrogens is 344 g/mol. The van der Waals surface area contributed by atoms with Crippen molar-refractivity contribution in [2.45, 2.75) is 45.4 Å². The summed E-state index contributed by atoms with van der Waals surface area (Å²) >= 11 is 5.89. The number of halogens is 1. The zero-order valence-corrected chi connectivity index (χ0v) is 16.5. The molecule has 1 aliphatic carbocycles. The number of carbonyl (C=O) groups is 1. The number of hydrazone groups is 1. The fraction of sp³-hybridized carbons (Fsp3) is 0.364. The van der Waals surface area contributed by atoms with E-state index in [4.69, 9.17) is 11.6 Å². The summed E-state index contributed by atoms with van der Waals surface area (Å²) in [5, 5.41) is 4.92. The number of benzene rings is 2. The van der Waals surface area contributed by atoms with Crippen LogP contribution in [0.3, 0.4) is 0 Å². The Labute approximate surface area is 160 Å². The molecule has 4 heteroatoms. The summed E-state index contributed by atoms with van der Waals surface area (Å²) in [5.74, 6) is 0.301. The van der Waals surface area contributed by atoms with Crippen molar-refractivity contribution in [3.8, 4) is 0 Å². The monoisotopic (exact) mass is 368 g/mol. The van der Waals surface area contributed by atoms with Crippen LogP contribution in [0.15, 0.2) is 53.6 Å². The van der Waals surface area contributed by atoms with E-state index in [-0.39, 0.29) is 17.2 Å². The van der Waals surface area contributed by atoms with E-state index in [9.17, 15) is 4.79 Å². The number of rotatable bonds is 4. The summed E-state index contributed by atoms with van der Waals surface area (Å²) in [7, 11) is 0. The SMILES string of the molecule is CC(=NNC(=O)C1CC1c1ccc(C(C)(C)C)cc1)c1ccc(Cl)cc1. The van der Waals surface area contributed by atoms with E-state index in [0.717, 1.165) is 17.7 Å². The van der Waals surface area contributed by atoms with Crippen molar-refractivity contribution < 1.29 is 4.79 Å². The summed E-state index contributed by atoms with van der Waals surface area (Å²) in [6.07, 6.45) is 0.885. The van der Waals surface area contributed by atoms with Gasteiger partial charge in [0.1, 0.15) is 0 Å². The zero-order chi connectivity index (χ0) is 18.9. The third-order valence-corrected chi connectivity index (χ3v) is 5.18. The van der Waals surface area contributed by atoms with Crippen molar-refractivity contribution in [2.75, 3.05) is 0 Å². The molecule has 3 rings (SSSR count). The molecule has 3 nitrogen and oxygen atoms in total. The van der Waals surface area contributed by atoms with Crippen LogP contribution in [-0.2, 0) is 10.2 Å². The number of hydrogen-bond acceptors (Lipinski definition) is 2. The van der Waals surface area contributed by atoms with Gasteiger partial charge in [0.25, 0.3) is 0 Å². The summed E-state index contributed by atoms with van der Waals surface area (Å²) in [5.41, 5.74) is 7.11. The second-order valence-electron chi connectivity index (χ2n) is 8.00. The van der Waals surface area contributed by atoms with Gasteiger partial charge in [0, 0.05) is 10.9 Å². The lowest BCUT2D eigenvalue weighted by molar-refractivity contribution is -0.122. The van der Waals surface area contributed by atoms with Crippen molar-refractivity contribution in [1.29, 1.82) is 0 Å². The maximum Gasteiger partial charge on any atom is 0.243 e. The lowest BCUT2D eigenvalue weighted by atomic mass is 9.86. The highest BCUT2D eigenvalue weighted by molar-refractivity contribution is 6.30. The molecule has 2 aromatic carbocycles. The molecule has 2 aromatic rings. The van der Waals surface area contributed by atoms with E-state index in [1.54, 1.807) is 0 Å². The minimum atomic E-state index is -0.0109. The van der Waals surface area contributed by atoms with Crippen LogP contribution < -0.4 is 5.43 Å². The van der Waals surface area contributed by atoms with Crippen LogP contribution in [0.4, 0.5) is 0 Å². The molecule has 136 valence electrons. The maximum atomic E-state index is 12.4. The van der Waals surface area contributed by atoms with Gasteiger partial charge in [-0.05, 0) is 53.5 Å². The Balaban J connectivity index is 1.59. The first-order chi connectivity index (χ1) is 12.3. The summed E-state index contributed by atoms with van der Waals surface area (Å²) in [6.45, 7) is 8.49. The Morgan fingerprint density at radius 3 is 2.27 bits per heavy atom. The van der Waals surface area contributed by atoms with Crippen molar-refractivity contribution in [3.05, 3.63) is 70.2 Å². The Morgan fingerprint density at radius 2 is 1.69 bits per heavy atom. The molecular formula is C22H25ClN2O. The lowest BCUT2D eigenvalue weighted by Crippen LogP contribution is -2.21. The number of nitrogens with zero attached hydrogens (tertiary/aromatic N) is 1. The van der Waals surface area contributed by atoms with Gasteiger partial charge in [-0.3, -0.25) is 4.79 Å². The molecule has 0 spiro atoms. The molecule has 2 atom stereocenters. The van der Waals surface area contributed by atoms with Gasteiger partial charge in [0.15, 0.2) is 0 Å². The molecule has 1 aliphatic rings. The average molecular weight is 369 g/mol. The van der Waals surface area contributed by atoms with Crippen LogP contribution in [0.2, 0.25) is 5.02 Å². The minimum Gasteiger partial charge on any atom is -0.273 e. The zero-order valence-electron chi connectivity index (χ0n) is 15.7. The summed E-state index contributed by atoms with van der Waals surface area (Å²) in [4.78, 5) is 12.4. The second-order valence-corrected chi connectivity index (χ2v) is 8.44. The third-order valence-electron chi connectivity index (χ3n) is 4.93. The lowest BCUT2D eigenvalue weighted by Gasteiger charge is -2.19. The second kappa shape index (κ2) is 7.24. The molecule has 0 radical (unpaired) electrons. The first-order valence-corrected chi connectivity index (χ1v) is 9.34. The molecule has 0 bridgehead atoms. The van der Waals surface area contributed by atoms with Gasteiger partial charge < -0.3 is 0 Å². The number of carbonyl (C=O) groups excluding carboxylic acids is 1. The van der Waals surface area contributed by atoms with Crippen LogP contribution in [0, 0.1) is 5.92 Å². The molecule has 26 heavy (non-hydrogen) atoms. The Kier molecular flexibility index (Phi) is 5.19. The van der Waals surface area contributed by atoms with Gasteiger partial charge in [-0.1, -0.05) is 68.8 Å². The molecule has 1 amide bonds. The van der Waals surface area contributed by atoms with Crippen LogP contribution in [-0.4, -0.2) is 11.6 Å². The van der Waals surface area contributed by atoms with E-state index in [1.807, 2.05) is 31.2 Å². The Morgan fingerprint density at radius 1 is 1.08 bits per heavy atom. The van der Waals surface area contributed by atoms with Crippen LogP contribution >= 0.6 is 11.6 Å². The van der Waals surface area contributed by atoms with Crippen LogP contribution in [0.25, 0.3) is 0 Å². The predicted octanol–water partition coefficient (Wildman–Crippen LogP) is 5.28. The number of amides is 1. The van der Waals surface area contributed by atoms with E-state index in [2.05, 4.69) is 55.6 Å². The highest BCUT2D eigenvalue weighted by Crippen LogP contribution is 2.47. The van der Waals surface area contributed by atoms with Gasteiger partial charge in [-0.2, -0.15) is 5.10 Å². The molecule has 1 saturated carbocycles. The molecule has 0 aromatic heterocycles. The van der Waals surface area contributed by atoms with Crippen molar-refractivity contribution in [2.24, 2.45) is 11.0 Å². The van der Waals surface area contributed by atoms with Gasteiger partial charge in [0.05, 0.1) is 5.71 Å². The van der Waals surface area contributed by atoms with Crippen LogP contribution in [0.5, 0.6) is 0 Å². The molecule has 0 aliphatic heterocycles. The van der Waals surface area contributed by atoms with Gasteiger partial charge in [0.2, 0.25) is 5.91 Å². The fourth-order valence-electron chi connectivity index (χ4n) is 3.06. The standard InChI is InChI=1S/C22H25ClN2O/c1-14(15-7-11-18(23)12-8-15)24-25-21(26)20-13-19(20)16-5-9-17(10-6-16)22(2,3)4/h5-12,19-20H,13H2,1-4H3,(H,25,26). The highest BCUT2D eigenvalue weighted by Gasteiger charge is 2.44. The predicted molar refractivity (Wildman–Crippen MR) is 108 cm³/mol. The minimum absolute atomic E-state index is 0.0109. The normalized spacial score (nSPS) is 20.0. The van der Waals surface area contributed by atoms with Gasteiger partial charge in [-0.15, -0.1) is 0 Å². The molecule has 1 N–H and O–H groups in total. The average Bonchev–Trinajstić information content (AvgIpc) is 3.40. The van der Waals surface area contributed by atoms with Gasteiger partial charge >= 0.3 is 0 Å². The Hall–Kier alpha value is -2.13. The van der Waals surface area contributed by atoms with E-state index in [1.165, 1.54) is 11.1 Å². The molecule has 1 fully saturated rings. The summed E-state index contributed by atoms with van der Waals surface area (Å²) in [6, 6.07) is 16.1. The first kappa shape index (κ1) is 18.7. The van der Waals surface area contributed by atoms with Crippen molar-refractivity contribution in [1.82, 2.24) is 5.43 Å². The molecule has 0 saturated heterocycles. The van der Waals surface area contributed by atoms with Crippen molar-refractivity contribution >= 4 is 23.2 Å². The van der Waals surface area contributed by atoms with Crippen molar-refractivity contribution in [3.63, 3.8) is 0 Å². The van der Waals surface area contributed by atoms with E-state index >= 15 is 0 Å². The summed E-state index contributed by atoms with van der Waals surface area (Å²) < 4.78 is 0. The molecule has 0 heterocycles.